The molecular weight excluding hydrogens is 404 g/mol. The highest BCUT2D eigenvalue weighted by atomic mass is 35.5. The van der Waals surface area contributed by atoms with E-state index in [0.717, 1.165) is 11.3 Å². The van der Waals surface area contributed by atoms with Crippen LogP contribution in [0.5, 0.6) is 0 Å². The molecule has 0 heterocycles. The van der Waals surface area contributed by atoms with Gasteiger partial charge in [0, 0.05) is 23.4 Å². The van der Waals surface area contributed by atoms with Crippen molar-refractivity contribution in [2.45, 2.75) is 51.6 Å². The van der Waals surface area contributed by atoms with E-state index in [2.05, 4.69) is 5.32 Å². The lowest BCUT2D eigenvalue weighted by atomic mass is 10.1. The maximum Gasteiger partial charge on any atom is 0.243 e. The molecule has 0 saturated heterocycles. The molecule has 0 aliphatic carbocycles. The normalized spacial score (nSPS) is 11.9. The molecule has 0 aliphatic rings. The maximum absolute atomic E-state index is 13.1. The first-order valence-electron chi connectivity index (χ1n) is 9.87. The fraction of sp³-hybridized carbons (Fsp3) is 0.391. The van der Waals surface area contributed by atoms with E-state index in [9.17, 15) is 9.59 Å². The van der Waals surface area contributed by atoms with Crippen LogP contribution in [-0.2, 0) is 21.9 Å². The van der Waals surface area contributed by atoms with Crippen molar-refractivity contribution in [1.29, 1.82) is 0 Å². The zero-order valence-electron chi connectivity index (χ0n) is 17.2. The van der Waals surface area contributed by atoms with Crippen LogP contribution in [0.3, 0.4) is 0 Å². The molecular formula is C23H29ClN2O2S. The molecule has 2 rings (SSSR count). The van der Waals surface area contributed by atoms with Crippen molar-refractivity contribution >= 4 is 35.2 Å². The van der Waals surface area contributed by atoms with Crippen LogP contribution in [0.2, 0.25) is 5.02 Å². The van der Waals surface area contributed by atoms with Gasteiger partial charge in [-0.3, -0.25) is 9.59 Å². The molecule has 1 N–H and O–H groups in total. The van der Waals surface area contributed by atoms with Crippen LogP contribution in [0.1, 0.15) is 38.3 Å². The van der Waals surface area contributed by atoms with Crippen molar-refractivity contribution in [1.82, 2.24) is 10.2 Å². The number of nitrogens with zero attached hydrogens (tertiary/aromatic N) is 1. The number of halogens is 1. The predicted octanol–water partition coefficient (Wildman–Crippen LogP) is 4.91. The number of hydrogen-bond acceptors (Lipinski definition) is 3. The Bertz CT molecular complexity index is 798. The zero-order chi connectivity index (χ0) is 21.2. The number of nitrogens with one attached hydrogen (secondary N) is 1. The van der Waals surface area contributed by atoms with E-state index in [4.69, 9.17) is 11.6 Å². The molecule has 1 unspecified atom stereocenters. The third kappa shape index (κ3) is 7.41. The number of carbonyl (C=O) groups excluding carboxylic acids is 2. The molecule has 4 nitrogen and oxygen atoms in total. The van der Waals surface area contributed by atoms with E-state index in [1.165, 1.54) is 5.56 Å². The topological polar surface area (TPSA) is 49.4 Å². The van der Waals surface area contributed by atoms with E-state index < -0.39 is 6.04 Å². The van der Waals surface area contributed by atoms with Crippen LogP contribution >= 0.6 is 23.4 Å². The lowest BCUT2D eigenvalue weighted by molar-refractivity contribution is -0.139. The Balaban J connectivity index is 2.14. The maximum atomic E-state index is 13.1. The van der Waals surface area contributed by atoms with Gasteiger partial charge in [-0.15, -0.1) is 11.8 Å². The van der Waals surface area contributed by atoms with Gasteiger partial charge < -0.3 is 10.2 Å². The summed E-state index contributed by atoms with van der Waals surface area (Å²) < 4.78 is 0. The highest BCUT2D eigenvalue weighted by Gasteiger charge is 2.29. The highest BCUT2D eigenvalue weighted by Crippen LogP contribution is 2.21. The smallest absolute Gasteiger partial charge is 0.243 e. The van der Waals surface area contributed by atoms with Crippen molar-refractivity contribution in [3.63, 3.8) is 0 Å². The lowest BCUT2D eigenvalue weighted by Crippen LogP contribution is -2.51. The van der Waals surface area contributed by atoms with E-state index in [1.54, 1.807) is 22.7 Å². The number of hydrogen-bond donors (Lipinski definition) is 1. The minimum atomic E-state index is -0.529. The van der Waals surface area contributed by atoms with Crippen molar-refractivity contribution in [3.8, 4) is 0 Å². The van der Waals surface area contributed by atoms with E-state index >= 15 is 0 Å². The summed E-state index contributed by atoms with van der Waals surface area (Å²) in [5.41, 5.74) is 2.01. The van der Waals surface area contributed by atoms with Gasteiger partial charge in [-0.1, -0.05) is 67.1 Å². The van der Waals surface area contributed by atoms with Gasteiger partial charge in [0.1, 0.15) is 6.04 Å². The second-order valence-corrected chi connectivity index (χ2v) is 8.57. The van der Waals surface area contributed by atoms with Gasteiger partial charge in [0.15, 0.2) is 0 Å². The molecule has 29 heavy (non-hydrogen) atoms. The number of rotatable bonds is 10. The molecule has 2 aromatic rings. The summed E-state index contributed by atoms with van der Waals surface area (Å²) in [6.07, 6.45) is 0.540. The minimum Gasteiger partial charge on any atom is -0.352 e. The summed E-state index contributed by atoms with van der Waals surface area (Å²) in [5.74, 6) is 0.874. The first kappa shape index (κ1) is 23.3. The molecule has 0 aliphatic heterocycles. The average Bonchev–Trinajstić information content (AvgIpc) is 2.69. The highest BCUT2D eigenvalue weighted by molar-refractivity contribution is 7.99. The zero-order valence-corrected chi connectivity index (χ0v) is 18.8. The Morgan fingerprint density at radius 1 is 1.07 bits per heavy atom. The van der Waals surface area contributed by atoms with Crippen LogP contribution in [0.15, 0.2) is 54.6 Å². The molecule has 0 aromatic heterocycles. The summed E-state index contributed by atoms with van der Waals surface area (Å²) in [4.78, 5) is 27.5. The SMILES string of the molecule is CCC(C(=O)NC(C)C)N(Cc1ccccc1Cl)C(=O)CSCc1ccccc1. The van der Waals surface area contributed by atoms with Gasteiger partial charge >= 0.3 is 0 Å². The monoisotopic (exact) mass is 432 g/mol. The van der Waals surface area contributed by atoms with Crippen LogP contribution in [0, 0.1) is 0 Å². The Kier molecular flexibility index (Phi) is 9.55. The third-order valence-corrected chi connectivity index (χ3v) is 5.81. The number of amides is 2. The molecule has 1 atom stereocenters. The van der Waals surface area contributed by atoms with Crippen LogP contribution < -0.4 is 5.32 Å². The molecule has 0 fully saturated rings. The molecule has 2 amide bonds. The standard InChI is InChI=1S/C23H29ClN2O2S/c1-4-21(23(28)25-17(2)3)26(14-19-12-8-9-13-20(19)24)22(27)16-29-15-18-10-6-5-7-11-18/h5-13,17,21H,4,14-16H2,1-3H3,(H,25,28). The third-order valence-electron chi connectivity index (χ3n) is 4.45. The summed E-state index contributed by atoms with van der Waals surface area (Å²) in [6, 6.07) is 17.0. The number of carbonyl (C=O) groups is 2. The summed E-state index contributed by atoms with van der Waals surface area (Å²) in [5, 5.41) is 3.54. The molecule has 0 bridgehead atoms. The van der Waals surface area contributed by atoms with Gasteiger partial charge in [-0.25, -0.2) is 0 Å². The molecule has 0 spiro atoms. The summed E-state index contributed by atoms with van der Waals surface area (Å²) in [7, 11) is 0. The second kappa shape index (κ2) is 11.9. The quantitative estimate of drug-likeness (QED) is 0.580. The van der Waals surface area contributed by atoms with Gasteiger partial charge in [-0.2, -0.15) is 0 Å². The predicted molar refractivity (Wildman–Crippen MR) is 122 cm³/mol. The van der Waals surface area contributed by atoms with E-state index in [0.29, 0.717) is 23.7 Å². The van der Waals surface area contributed by atoms with E-state index in [1.807, 2.05) is 69.3 Å². The Labute approximate surface area is 183 Å². The first-order chi connectivity index (χ1) is 13.9. The van der Waals surface area contributed by atoms with Crippen LogP contribution in [-0.4, -0.2) is 34.6 Å². The van der Waals surface area contributed by atoms with Gasteiger partial charge in [0.05, 0.1) is 5.75 Å². The molecule has 0 radical (unpaired) electrons. The van der Waals surface area contributed by atoms with E-state index in [-0.39, 0.29) is 17.9 Å². The molecule has 0 saturated carbocycles. The number of thioether (sulfide) groups is 1. The first-order valence-corrected chi connectivity index (χ1v) is 11.4. The Hall–Kier alpha value is -1.98. The summed E-state index contributed by atoms with van der Waals surface area (Å²) >= 11 is 7.88. The minimum absolute atomic E-state index is 0.0151. The Morgan fingerprint density at radius 2 is 1.72 bits per heavy atom. The van der Waals surface area contributed by atoms with Crippen molar-refractivity contribution in [2.24, 2.45) is 0 Å². The summed E-state index contributed by atoms with van der Waals surface area (Å²) in [6.45, 7) is 6.07. The second-order valence-electron chi connectivity index (χ2n) is 7.18. The van der Waals surface area contributed by atoms with Crippen LogP contribution in [0.25, 0.3) is 0 Å². The lowest BCUT2D eigenvalue weighted by Gasteiger charge is -2.31. The molecule has 2 aromatic carbocycles. The fourth-order valence-electron chi connectivity index (χ4n) is 3.02. The largest absolute Gasteiger partial charge is 0.352 e. The molecule has 156 valence electrons. The molecule has 6 heteroatoms. The Morgan fingerprint density at radius 3 is 2.34 bits per heavy atom. The van der Waals surface area contributed by atoms with Crippen LogP contribution in [0.4, 0.5) is 0 Å². The average molecular weight is 433 g/mol. The van der Waals surface area contributed by atoms with Gasteiger partial charge in [-0.05, 0) is 37.5 Å². The number of benzene rings is 2. The van der Waals surface area contributed by atoms with Gasteiger partial charge in [0.2, 0.25) is 11.8 Å². The van der Waals surface area contributed by atoms with Crippen molar-refractivity contribution in [3.05, 3.63) is 70.7 Å². The van der Waals surface area contributed by atoms with Gasteiger partial charge in [0.25, 0.3) is 0 Å². The fourth-order valence-corrected chi connectivity index (χ4v) is 4.09. The van der Waals surface area contributed by atoms with Crippen molar-refractivity contribution < 1.29 is 9.59 Å². The van der Waals surface area contributed by atoms with Crippen molar-refractivity contribution in [2.75, 3.05) is 5.75 Å².